The van der Waals surface area contributed by atoms with E-state index < -0.39 is 66.1 Å². The van der Waals surface area contributed by atoms with Crippen LogP contribution in [0.5, 0.6) is 0 Å². The van der Waals surface area contributed by atoms with Crippen molar-refractivity contribution in [1.82, 2.24) is 25.8 Å². The van der Waals surface area contributed by atoms with Gasteiger partial charge in [-0.1, -0.05) is 85.2 Å². The first-order chi connectivity index (χ1) is 28.5. The van der Waals surface area contributed by atoms with Gasteiger partial charge in [0.2, 0.25) is 23.6 Å². The second-order valence-electron chi connectivity index (χ2n) is 16.5. The molecule has 1 aromatic carbocycles. The number of aliphatic hydroxyl groups excluding tert-OH is 2. The van der Waals surface area contributed by atoms with Gasteiger partial charge in [-0.2, -0.15) is 0 Å². The fourth-order valence-electron chi connectivity index (χ4n) is 7.63. The predicted octanol–water partition coefficient (Wildman–Crippen LogP) is 1.93. The number of hydrogen-bond acceptors (Lipinski definition) is 12. The first-order valence-electron chi connectivity index (χ1n) is 21.6. The highest BCUT2D eigenvalue weighted by molar-refractivity contribution is 5.90. The third-order valence-electron chi connectivity index (χ3n) is 11.4. The van der Waals surface area contributed by atoms with Crippen molar-refractivity contribution >= 4 is 29.6 Å². The first-order valence-corrected chi connectivity index (χ1v) is 21.6. The van der Waals surface area contributed by atoms with Gasteiger partial charge in [0.15, 0.2) is 0 Å². The van der Waals surface area contributed by atoms with Gasteiger partial charge in [-0.15, -0.1) is 0 Å². The molecule has 0 bridgehead atoms. The zero-order valence-corrected chi connectivity index (χ0v) is 37.7. The summed E-state index contributed by atoms with van der Waals surface area (Å²) < 4.78 is 21.2. The summed E-state index contributed by atoms with van der Waals surface area (Å²) in [4.78, 5) is 71.0. The highest BCUT2D eigenvalue weighted by atomic mass is 16.6. The summed E-state index contributed by atoms with van der Waals surface area (Å²) in [5.41, 5.74) is 0.796. The molecule has 1 aliphatic rings. The Morgan fingerprint density at radius 1 is 0.850 bits per heavy atom. The second kappa shape index (κ2) is 27.3. The lowest BCUT2D eigenvalue weighted by Gasteiger charge is -2.39. The lowest BCUT2D eigenvalue weighted by molar-refractivity contribution is -0.150. The van der Waals surface area contributed by atoms with Gasteiger partial charge >= 0.3 is 5.97 Å². The van der Waals surface area contributed by atoms with E-state index in [0.717, 1.165) is 5.56 Å². The van der Waals surface area contributed by atoms with Crippen LogP contribution in [-0.4, -0.2) is 159 Å². The molecular formula is C44H75N5O11. The summed E-state index contributed by atoms with van der Waals surface area (Å²) >= 11 is 0. The van der Waals surface area contributed by atoms with Crippen molar-refractivity contribution in [3.05, 3.63) is 35.9 Å². The van der Waals surface area contributed by atoms with Crippen molar-refractivity contribution in [2.75, 3.05) is 67.4 Å². The standard InChI is InChI=1S/C44H75N5O11/c1-11-30(6)39(48(9)43(55)38(29(4)5)47-42(54)37(45-8)28(2)3)35(50)27-36(51)49-19-15-18-34(49)40(52)31(7)41(53)46-33(26-32-16-13-12-14-17-32)44(56)60-25-24-59-23-22-58-21-20-57-10/h12-14,16-17,28-31,33-35,37-40,45,50,52H,11,15,18-27H2,1-10H3,(H,46,53)(H,47,54)/t30-,31+,33-,34-,35+,37-,38-,39-,40+/m0/s1. The van der Waals surface area contributed by atoms with E-state index in [1.165, 1.54) is 9.80 Å². The van der Waals surface area contributed by atoms with Crippen molar-refractivity contribution < 1.29 is 53.1 Å². The van der Waals surface area contributed by atoms with Crippen LogP contribution in [0.1, 0.15) is 79.7 Å². The Labute approximate surface area is 357 Å². The zero-order valence-electron chi connectivity index (χ0n) is 37.7. The van der Waals surface area contributed by atoms with E-state index in [4.69, 9.17) is 18.9 Å². The number of rotatable bonds is 28. The summed E-state index contributed by atoms with van der Waals surface area (Å²) in [7, 11) is 4.87. The summed E-state index contributed by atoms with van der Waals surface area (Å²) in [6.07, 6.45) is -1.08. The molecule has 1 saturated heterocycles. The minimum absolute atomic E-state index is 0.0126. The lowest BCUT2D eigenvalue weighted by Crippen LogP contribution is -2.59. The van der Waals surface area contributed by atoms with Gasteiger partial charge in [0.25, 0.3) is 0 Å². The Morgan fingerprint density at radius 3 is 2.02 bits per heavy atom. The third-order valence-corrected chi connectivity index (χ3v) is 11.4. The number of likely N-dealkylation sites (tertiary alicyclic amines) is 1. The smallest absolute Gasteiger partial charge is 0.329 e. The van der Waals surface area contributed by atoms with E-state index in [-0.39, 0.29) is 55.6 Å². The molecule has 342 valence electrons. The normalized spacial score (nSPS) is 18.2. The van der Waals surface area contributed by atoms with Gasteiger partial charge in [-0.25, -0.2) is 4.79 Å². The monoisotopic (exact) mass is 850 g/mol. The molecule has 4 amide bonds. The van der Waals surface area contributed by atoms with Crippen LogP contribution >= 0.6 is 0 Å². The van der Waals surface area contributed by atoms with E-state index in [1.54, 1.807) is 28.1 Å². The Kier molecular flexibility index (Phi) is 23.9. The molecule has 0 unspecified atom stereocenters. The SMILES string of the molecule is CC[C@H](C)[C@@H]([C@H](O)CC(=O)N1CCC[C@H]1[C@H](O)[C@@H](C)C(=O)N[C@@H](Cc1ccccc1)C(=O)OCCOCCOCCOC)N(C)C(=O)[C@@H](NC(=O)[C@@H](NC)C(C)C)C(C)C. The van der Waals surface area contributed by atoms with Gasteiger partial charge in [0, 0.05) is 27.1 Å². The van der Waals surface area contributed by atoms with E-state index >= 15 is 0 Å². The largest absolute Gasteiger partial charge is 0.462 e. The van der Waals surface area contributed by atoms with Gasteiger partial charge in [0.05, 0.1) is 75.7 Å². The van der Waals surface area contributed by atoms with Crippen LogP contribution in [0.3, 0.4) is 0 Å². The number of esters is 1. The fraction of sp³-hybridized carbons (Fsp3) is 0.750. The second-order valence-corrected chi connectivity index (χ2v) is 16.5. The topological polar surface area (TPSA) is 205 Å². The van der Waals surface area contributed by atoms with E-state index in [1.807, 2.05) is 71.9 Å². The summed E-state index contributed by atoms with van der Waals surface area (Å²) in [5.74, 6) is -3.80. The molecule has 5 N–H and O–H groups in total. The van der Waals surface area contributed by atoms with Gasteiger partial charge in [0.1, 0.15) is 18.7 Å². The van der Waals surface area contributed by atoms with Gasteiger partial charge in [-0.3, -0.25) is 19.2 Å². The van der Waals surface area contributed by atoms with Crippen molar-refractivity contribution in [2.45, 2.75) is 123 Å². The molecule has 60 heavy (non-hydrogen) atoms. The number of methoxy groups -OCH3 is 1. The van der Waals surface area contributed by atoms with Crippen LogP contribution in [0.4, 0.5) is 0 Å². The maximum atomic E-state index is 14.0. The summed E-state index contributed by atoms with van der Waals surface area (Å²) in [5, 5.41) is 31.9. The summed E-state index contributed by atoms with van der Waals surface area (Å²) in [6, 6.07) is 5.29. The zero-order chi connectivity index (χ0) is 44.9. The minimum Gasteiger partial charge on any atom is -0.462 e. The van der Waals surface area contributed by atoms with Gasteiger partial charge in [-0.05, 0) is 43.2 Å². The van der Waals surface area contributed by atoms with Crippen LogP contribution in [0, 0.1) is 23.7 Å². The first kappa shape index (κ1) is 52.5. The number of carbonyl (C=O) groups is 5. The molecule has 0 aliphatic carbocycles. The molecule has 16 nitrogen and oxygen atoms in total. The number of aliphatic hydroxyl groups is 2. The molecule has 9 atom stereocenters. The Balaban J connectivity index is 2.13. The molecule has 0 spiro atoms. The minimum atomic E-state index is -1.28. The van der Waals surface area contributed by atoms with Crippen LogP contribution in [0.15, 0.2) is 30.3 Å². The number of nitrogens with one attached hydrogen (secondary N) is 3. The Hall–Kier alpha value is -3.67. The number of benzene rings is 1. The molecule has 1 aliphatic heterocycles. The predicted molar refractivity (Wildman–Crippen MR) is 228 cm³/mol. The molecule has 1 heterocycles. The highest BCUT2D eigenvalue weighted by Gasteiger charge is 2.42. The number of hydrogen-bond donors (Lipinski definition) is 5. The fourth-order valence-corrected chi connectivity index (χ4v) is 7.63. The molecule has 1 aromatic rings. The molecule has 0 aromatic heterocycles. The number of amides is 4. The molecule has 1 fully saturated rings. The number of likely N-dealkylation sites (N-methyl/N-ethyl adjacent to an activating group) is 2. The van der Waals surface area contributed by atoms with Crippen molar-refractivity contribution in [3.8, 4) is 0 Å². The van der Waals surface area contributed by atoms with Crippen LogP contribution in [-0.2, 0) is 49.3 Å². The van der Waals surface area contributed by atoms with Crippen LogP contribution in [0.25, 0.3) is 0 Å². The summed E-state index contributed by atoms with van der Waals surface area (Å²) in [6.45, 7) is 14.9. The number of nitrogens with zero attached hydrogens (tertiary/aromatic N) is 2. The Morgan fingerprint density at radius 2 is 1.45 bits per heavy atom. The van der Waals surface area contributed by atoms with E-state index in [9.17, 15) is 34.2 Å². The number of carbonyl (C=O) groups excluding carboxylic acids is 5. The number of ether oxygens (including phenoxy) is 4. The maximum absolute atomic E-state index is 14.0. The average molecular weight is 850 g/mol. The molecular weight excluding hydrogens is 775 g/mol. The van der Waals surface area contributed by atoms with Crippen molar-refractivity contribution in [1.29, 1.82) is 0 Å². The molecule has 0 saturated carbocycles. The van der Waals surface area contributed by atoms with E-state index in [2.05, 4.69) is 16.0 Å². The highest BCUT2D eigenvalue weighted by Crippen LogP contribution is 2.28. The molecule has 2 rings (SSSR count). The van der Waals surface area contributed by atoms with E-state index in [0.29, 0.717) is 52.2 Å². The van der Waals surface area contributed by atoms with Gasteiger partial charge < -0.3 is 54.9 Å². The lowest BCUT2D eigenvalue weighted by atomic mass is 9.89. The Bertz CT molecular complexity index is 1450. The van der Waals surface area contributed by atoms with Crippen molar-refractivity contribution in [2.24, 2.45) is 23.7 Å². The van der Waals surface area contributed by atoms with Crippen molar-refractivity contribution in [3.63, 3.8) is 0 Å². The van der Waals surface area contributed by atoms with Crippen LogP contribution < -0.4 is 16.0 Å². The van der Waals surface area contributed by atoms with Crippen LogP contribution in [0.2, 0.25) is 0 Å². The average Bonchev–Trinajstić information content (AvgIpc) is 3.72. The quantitative estimate of drug-likeness (QED) is 0.0607. The molecule has 16 heteroatoms. The maximum Gasteiger partial charge on any atom is 0.329 e. The third kappa shape index (κ3) is 16.3. The molecule has 0 radical (unpaired) electrons.